The molecule has 84 heavy (non-hydrogen) atoms. The molecule has 0 spiro atoms. The average Bonchev–Trinajstić information content (AvgIpc) is 1.80. The lowest BCUT2D eigenvalue weighted by Crippen LogP contribution is -2.12. The summed E-state index contributed by atoms with van der Waals surface area (Å²) >= 11 is 0. The number of benzene rings is 10. The predicted octanol–water partition coefficient (Wildman–Crippen LogP) is 22.5. The monoisotopic (exact) mass is 1120 g/mol. The Morgan fingerprint density at radius 1 is 0.321 bits per heavy atom. The summed E-state index contributed by atoms with van der Waals surface area (Å²) in [6.45, 7) is 34.0. The fraction of sp³-hybridized carbons (Fsp3) is 0.187. The van der Waals surface area contributed by atoms with E-state index >= 15 is 13.2 Å². The molecule has 0 aliphatic rings. The number of nitrogens with zero attached hydrogens (tertiary/aromatic N) is 3. The Morgan fingerprint density at radius 3 is 0.893 bits per heavy atom. The predicted molar refractivity (Wildman–Crippen MR) is 335 cm³/mol. The molecule has 0 atom stereocenters. The van der Waals surface area contributed by atoms with Crippen LogP contribution in [0.1, 0.15) is 77.9 Å². The van der Waals surface area contributed by atoms with E-state index in [-0.39, 0.29) is 17.3 Å². The first-order valence-corrected chi connectivity index (χ1v) is 28.1. The van der Waals surface area contributed by atoms with Gasteiger partial charge >= 0.3 is 12.4 Å². The van der Waals surface area contributed by atoms with Crippen LogP contribution in [-0.2, 0) is 12.4 Å². The molecule has 418 valence electrons. The number of rotatable bonds is 7. The molecule has 10 aromatic carbocycles. The van der Waals surface area contributed by atoms with Crippen molar-refractivity contribution >= 4 is 49.3 Å². The normalized spacial score (nSPS) is 12.2. The summed E-state index contributed by atoms with van der Waals surface area (Å²) in [6, 6.07) is 47.8. The minimum absolute atomic E-state index is 0.154. The van der Waals surface area contributed by atoms with Crippen molar-refractivity contribution in [1.29, 1.82) is 0 Å². The van der Waals surface area contributed by atoms with Crippen molar-refractivity contribution in [1.82, 2.24) is 9.13 Å². The van der Waals surface area contributed by atoms with Gasteiger partial charge in [-0.3, -0.25) is 0 Å². The van der Waals surface area contributed by atoms with Crippen molar-refractivity contribution in [3.8, 4) is 67.0 Å². The number of fused-ring (bicyclic) bond motifs is 6. The summed E-state index contributed by atoms with van der Waals surface area (Å²) < 4.78 is 93.8. The topological polar surface area (TPSA) is 14.2 Å². The van der Waals surface area contributed by atoms with Crippen LogP contribution in [0.15, 0.2) is 152 Å². The van der Waals surface area contributed by atoms with Crippen LogP contribution in [0.4, 0.5) is 32.0 Å². The third-order valence-corrected chi connectivity index (χ3v) is 17.0. The van der Waals surface area contributed by atoms with Crippen LogP contribution >= 0.6 is 0 Å². The highest BCUT2D eigenvalue weighted by atomic mass is 19.4. The van der Waals surface area contributed by atoms with E-state index in [0.717, 1.165) is 161 Å². The van der Waals surface area contributed by atoms with Gasteiger partial charge < -0.3 is 9.13 Å². The third-order valence-electron chi connectivity index (χ3n) is 17.0. The highest BCUT2D eigenvalue weighted by Crippen LogP contribution is 2.49. The summed E-state index contributed by atoms with van der Waals surface area (Å²) in [4.78, 5) is 3.95. The maximum Gasteiger partial charge on any atom is 0.416 e. The lowest BCUT2D eigenvalue weighted by molar-refractivity contribution is -0.142. The molecule has 0 unspecified atom stereocenters. The Bertz CT molecular complexity index is 4520. The van der Waals surface area contributed by atoms with E-state index in [2.05, 4.69) is 218 Å². The van der Waals surface area contributed by atoms with E-state index in [1.165, 1.54) is 0 Å². The molecule has 2 heterocycles. The van der Waals surface area contributed by atoms with Crippen LogP contribution < -0.4 is 0 Å². The molecular formula is C75H61F6N3. The van der Waals surface area contributed by atoms with E-state index in [1.54, 1.807) is 12.1 Å². The quantitative estimate of drug-likeness (QED) is 0.112. The van der Waals surface area contributed by atoms with E-state index in [4.69, 9.17) is 6.57 Å². The first kappa shape index (κ1) is 55.4. The van der Waals surface area contributed by atoms with Crippen molar-refractivity contribution in [2.75, 3.05) is 0 Å². The van der Waals surface area contributed by atoms with Crippen molar-refractivity contribution < 1.29 is 26.3 Å². The van der Waals surface area contributed by atoms with Gasteiger partial charge in [-0.1, -0.05) is 101 Å². The number of aromatic nitrogens is 2. The molecule has 0 N–H and O–H groups in total. The fourth-order valence-corrected chi connectivity index (χ4v) is 14.2. The Balaban J connectivity index is 1.25. The van der Waals surface area contributed by atoms with Gasteiger partial charge in [0.25, 0.3) is 0 Å². The third kappa shape index (κ3) is 9.24. The lowest BCUT2D eigenvalue weighted by atomic mass is 9.91. The molecule has 12 aromatic rings. The second-order valence-electron chi connectivity index (χ2n) is 23.4. The van der Waals surface area contributed by atoms with Crippen LogP contribution in [0.2, 0.25) is 0 Å². The SMILES string of the molecule is [C-]#[N+]c1cc(-n2c3ccc(-c4c(C)cc(C)cc4C)cc3c3cc(-c4c(C)cc(C)cc4C)ccc32)c(-n2c3ccc(-c4c(C)cc(C)cc4C)cc3c3cc(-c4c(C)cc(C)cc4C)ccc32)cc1-c1ccc(C(F)(F)F)cc1C(F)(F)F. The largest absolute Gasteiger partial charge is 0.416 e. The van der Waals surface area contributed by atoms with Gasteiger partial charge in [-0.15, -0.1) is 0 Å². The number of alkyl halides is 6. The molecule has 0 saturated carbocycles. The second kappa shape index (κ2) is 20.1. The standard InChI is InChI=1S/C75H61F6N3/c1-39-24-43(5)70(44(6)25-39)51-14-20-64-58(32-51)59-33-52(71-45(7)26-40(2)27-46(71)8)15-21-65(59)83(64)68-37-57(56-19-18-55(74(76,77)78)36-62(56)75(79,80)81)63(82-13)38-69(68)84-66-22-16-53(72-47(9)28-41(3)29-48(72)10)34-60(66)61-35-54(17-23-67(61)84)73-49(11)30-42(4)31-50(73)12/h14-38H,1-12H3. The zero-order valence-electron chi connectivity index (χ0n) is 49.0. The average molecular weight is 1120 g/mol. The highest BCUT2D eigenvalue weighted by molar-refractivity contribution is 6.15. The Morgan fingerprint density at radius 2 is 0.619 bits per heavy atom. The van der Waals surface area contributed by atoms with Crippen LogP contribution in [0.3, 0.4) is 0 Å². The van der Waals surface area contributed by atoms with E-state index in [1.807, 2.05) is 0 Å². The first-order chi connectivity index (χ1) is 39.8. The Labute approximate surface area is 485 Å². The van der Waals surface area contributed by atoms with E-state index in [0.29, 0.717) is 17.4 Å². The summed E-state index contributed by atoms with van der Waals surface area (Å²) in [7, 11) is 0. The van der Waals surface area contributed by atoms with Gasteiger partial charge in [0, 0.05) is 21.5 Å². The number of aryl methyl sites for hydroxylation is 12. The van der Waals surface area contributed by atoms with Gasteiger partial charge in [-0.2, -0.15) is 26.3 Å². The van der Waals surface area contributed by atoms with Gasteiger partial charge in [-0.25, -0.2) is 4.85 Å². The van der Waals surface area contributed by atoms with Crippen molar-refractivity contribution in [3.05, 3.63) is 241 Å². The molecule has 0 radical (unpaired) electrons. The van der Waals surface area contributed by atoms with Crippen LogP contribution in [0.5, 0.6) is 0 Å². The summed E-state index contributed by atoms with van der Waals surface area (Å²) in [5, 5.41) is 3.58. The van der Waals surface area contributed by atoms with Crippen LogP contribution in [-0.4, -0.2) is 9.13 Å². The minimum Gasteiger partial charge on any atom is -0.308 e. The molecule has 0 amide bonds. The second-order valence-corrected chi connectivity index (χ2v) is 23.4. The molecule has 2 aromatic heterocycles. The molecule has 0 aliphatic heterocycles. The van der Waals surface area contributed by atoms with Gasteiger partial charge in [0.05, 0.1) is 51.1 Å². The van der Waals surface area contributed by atoms with Gasteiger partial charge in [0.1, 0.15) is 0 Å². The number of hydrogen-bond acceptors (Lipinski definition) is 0. The summed E-state index contributed by atoms with van der Waals surface area (Å²) in [5.74, 6) is 0. The first-order valence-electron chi connectivity index (χ1n) is 28.1. The Kier molecular flexibility index (Phi) is 13.2. The molecule has 0 aliphatic carbocycles. The smallest absolute Gasteiger partial charge is 0.308 e. The Hall–Kier alpha value is -9.13. The maximum absolute atomic E-state index is 15.5. The van der Waals surface area contributed by atoms with E-state index < -0.39 is 29.0 Å². The van der Waals surface area contributed by atoms with Crippen LogP contribution in [0.25, 0.3) is 115 Å². The number of hydrogen-bond donors (Lipinski definition) is 0. The van der Waals surface area contributed by atoms with Gasteiger partial charge in [-0.05, 0) is 256 Å². The van der Waals surface area contributed by atoms with Crippen molar-refractivity contribution in [2.24, 2.45) is 0 Å². The highest BCUT2D eigenvalue weighted by Gasteiger charge is 2.39. The van der Waals surface area contributed by atoms with Gasteiger partial charge in [0.15, 0.2) is 5.69 Å². The zero-order chi connectivity index (χ0) is 59.7. The van der Waals surface area contributed by atoms with Crippen LogP contribution in [0, 0.1) is 89.7 Å². The fourth-order valence-electron chi connectivity index (χ4n) is 14.2. The minimum atomic E-state index is -5.22. The summed E-state index contributed by atoms with van der Waals surface area (Å²) in [6.07, 6.45) is -10.3. The molecule has 3 nitrogen and oxygen atoms in total. The molecule has 0 fully saturated rings. The van der Waals surface area contributed by atoms with Gasteiger partial charge in [0.2, 0.25) is 0 Å². The maximum atomic E-state index is 15.5. The van der Waals surface area contributed by atoms with E-state index in [9.17, 15) is 13.2 Å². The molecule has 12 rings (SSSR count). The lowest BCUT2D eigenvalue weighted by Gasteiger charge is -2.22. The molecular weight excluding hydrogens is 1060 g/mol. The molecule has 0 saturated heterocycles. The molecule has 9 heteroatoms. The zero-order valence-corrected chi connectivity index (χ0v) is 49.0. The van der Waals surface area contributed by atoms with Crippen molar-refractivity contribution in [3.63, 3.8) is 0 Å². The number of halogens is 6. The molecule has 0 bridgehead atoms. The summed E-state index contributed by atoms with van der Waals surface area (Å²) in [5.41, 5.74) is 22.1. The van der Waals surface area contributed by atoms with Crippen molar-refractivity contribution in [2.45, 2.75) is 95.4 Å².